The highest BCUT2D eigenvalue weighted by atomic mass is 19.3. The zero-order valence-corrected chi connectivity index (χ0v) is 17.3. The van der Waals surface area contributed by atoms with Crippen LogP contribution in [0.15, 0.2) is 42.5 Å². The summed E-state index contributed by atoms with van der Waals surface area (Å²) in [6.07, 6.45) is 0.267. The molecule has 0 saturated carbocycles. The zero-order valence-electron chi connectivity index (χ0n) is 17.3. The average Bonchev–Trinajstić information content (AvgIpc) is 3.30. The Kier molecular flexibility index (Phi) is 5.68. The topological polar surface area (TPSA) is 95.9 Å². The van der Waals surface area contributed by atoms with Crippen molar-refractivity contribution in [3.63, 3.8) is 0 Å². The van der Waals surface area contributed by atoms with Crippen LogP contribution in [0.1, 0.15) is 27.9 Å². The number of hydrogen-bond donors (Lipinski definition) is 2. The summed E-state index contributed by atoms with van der Waals surface area (Å²) in [5.41, 5.74) is 0.419. The summed E-state index contributed by atoms with van der Waals surface area (Å²) in [6.45, 7) is 0.102. The van der Waals surface area contributed by atoms with E-state index < -0.39 is 36.3 Å². The third kappa shape index (κ3) is 3.73. The second-order valence-electron chi connectivity index (χ2n) is 8.02. The Bertz CT molecular complexity index is 1090. The lowest BCUT2D eigenvalue weighted by Gasteiger charge is -2.21. The quantitative estimate of drug-likeness (QED) is 0.714. The van der Waals surface area contributed by atoms with Crippen molar-refractivity contribution in [2.75, 3.05) is 26.8 Å². The van der Waals surface area contributed by atoms with E-state index in [0.717, 1.165) is 6.07 Å². The smallest absolute Gasteiger partial charge is 0.326 e. The van der Waals surface area contributed by atoms with Gasteiger partial charge in [-0.1, -0.05) is 30.3 Å². The van der Waals surface area contributed by atoms with Gasteiger partial charge < -0.3 is 20.1 Å². The van der Waals surface area contributed by atoms with Gasteiger partial charge >= 0.3 is 5.97 Å². The maximum absolute atomic E-state index is 14.9. The monoisotopic (exact) mass is 444 g/mol. The van der Waals surface area contributed by atoms with Gasteiger partial charge in [0, 0.05) is 36.3 Å². The molecule has 0 spiro atoms. The predicted octanol–water partition coefficient (Wildman–Crippen LogP) is 2.49. The van der Waals surface area contributed by atoms with Gasteiger partial charge in [-0.2, -0.15) is 8.78 Å². The molecule has 1 heterocycles. The Balaban J connectivity index is 1.46. The number of nitrogens with one attached hydrogen (secondary N) is 1. The van der Waals surface area contributed by atoms with E-state index in [1.807, 2.05) is 0 Å². The van der Waals surface area contributed by atoms with E-state index in [2.05, 4.69) is 5.32 Å². The molecule has 4 rings (SSSR count). The van der Waals surface area contributed by atoms with Crippen LogP contribution in [0, 0.1) is 5.92 Å². The van der Waals surface area contributed by atoms with Crippen molar-refractivity contribution in [2.24, 2.45) is 5.92 Å². The molecular weight excluding hydrogens is 422 g/mol. The van der Waals surface area contributed by atoms with Gasteiger partial charge in [-0.25, -0.2) is 4.79 Å². The molecule has 2 N–H and O–H groups in total. The lowest BCUT2D eigenvalue weighted by Crippen LogP contribution is -2.45. The SMILES string of the molecule is COC[C@H]1C[C@@H](C(=O)O)N(C(=O)CNC(=O)c2ccc3c(c2)C(F)(F)c2ccccc2-3)C1. The highest BCUT2D eigenvalue weighted by molar-refractivity contribution is 5.98. The molecule has 2 aromatic carbocycles. The van der Waals surface area contributed by atoms with Crippen molar-refractivity contribution < 1.29 is 33.0 Å². The molecule has 0 unspecified atom stereocenters. The molecule has 168 valence electrons. The number of alkyl halides is 2. The van der Waals surface area contributed by atoms with Crippen LogP contribution in [0.25, 0.3) is 11.1 Å². The average molecular weight is 444 g/mol. The fourth-order valence-corrected chi connectivity index (χ4v) is 4.47. The van der Waals surface area contributed by atoms with E-state index in [0.29, 0.717) is 17.7 Å². The molecule has 9 heteroatoms. The number of carbonyl (C=O) groups is 3. The van der Waals surface area contributed by atoms with Crippen LogP contribution in [0.2, 0.25) is 0 Å². The van der Waals surface area contributed by atoms with E-state index in [9.17, 15) is 28.3 Å². The zero-order chi connectivity index (χ0) is 23.0. The van der Waals surface area contributed by atoms with E-state index in [1.165, 1.54) is 36.3 Å². The van der Waals surface area contributed by atoms with Crippen molar-refractivity contribution in [3.05, 3.63) is 59.2 Å². The lowest BCUT2D eigenvalue weighted by molar-refractivity contribution is -0.147. The highest BCUT2D eigenvalue weighted by Gasteiger charge is 2.44. The number of hydrogen-bond acceptors (Lipinski definition) is 4. The van der Waals surface area contributed by atoms with Gasteiger partial charge in [-0.15, -0.1) is 0 Å². The summed E-state index contributed by atoms with van der Waals surface area (Å²) in [6, 6.07) is 9.24. The first-order valence-electron chi connectivity index (χ1n) is 10.2. The van der Waals surface area contributed by atoms with Gasteiger partial charge in [0.25, 0.3) is 11.8 Å². The van der Waals surface area contributed by atoms with Crippen molar-refractivity contribution in [1.29, 1.82) is 0 Å². The van der Waals surface area contributed by atoms with Crippen molar-refractivity contribution >= 4 is 17.8 Å². The highest BCUT2D eigenvalue weighted by Crippen LogP contribution is 2.50. The van der Waals surface area contributed by atoms with Gasteiger partial charge in [0.15, 0.2) is 0 Å². The van der Waals surface area contributed by atoms with Crippen LogP contribution < -0.4 is 5.32 Å². The number of ether oxygens (including phenoxy) is 1. The number of benzene rings is 2. The second-order valence-corrected chi connectivity index (χ2v) is 8.02. The third-order valence-corrected chi connectivity index (χ3v) is 5.97. The third-order valence-electron chi connectivity index (χ3n) is 5.97. The predicted molar refractivity (Wildman–Crippen MR) is 110 cm³/mol. The molecule has 0 bridgehead atoms. The number of carboxylic acid groups (broad SMARTS) is 1. The van der Waals surface area contributed by atoms with E-state index in [1.54, 1.807) is 12.1 Å². The van der Waals surface area contributed by atoms with Crippen LogP contribution in [0.5, 0.6) is 0 Å². The van der Waals surface area contributed by atoms with E-state index in [4.69, 9.17) is 4.74 Å². The molecule has 0 radical (unpaired) electrons. The number of methoxy groups -OCH3 is 1. The number of halogens is 2. The van der Waals surface area contributed by atoms with Gasteiger partial charge in [0.2, 0.25) is 5.91 Å². The molecule has 7 nitrogen and oxygen atoms in total. The second kappa shape index (κ2) is 8.31. The summed E-state index contributed by atoms with van der Waals surface area (Å²) in [5, 5.41) is 11.8. The number of likely N-dealkylation sites (tertiary alicyclic amines) is 1. The van der Waals surface area contributed by atoms with E-state index >= 15 is 0 Å². The van der Waals surface area contributed by atoms with Gasteiger partial charge in [0.05, 0.1) is 13.2 Å². The number of nitrogens with zero attached hydrogens (tertiary/aromatic N) is 1. The Morgan fingerprint density at radius 3 is 2.59 bits per heavy atom. The molecule has 2 atom stereocenters. The van der Waals surface area contributed by atoms with Gasteiger partial charge in [-0.3, -0.25) is 9.59 Å². The van der Waals surface area contributed by atoms with Crippen molar-refractivity contribution in [1.82, 2.24) is 10.2 Å². The summed E-state index contributed by atoms with van der Waals surface area (Å²) in [5.74, 6) is -5.70. The minimum atomic E-state index is -3.22. The molecule has 0 aromatic heterocycles. The number of carbonyl (C=O) groups excluding carboxylic acids is 2. The molecule has 1 aliphatic heterocycles. The molecule has 2 amide bonds. The first kappa shape index (κ1) is 21.9. The molecular formula is C23H22F2N2O5. The molecule has 1 aliphatic carbocycles. The maximum atomic E-state index is 14.9. The molecule has 1 fully saturated rings. The minimum Gasteiger partial charge on any atom is -0.480 e. The molecule has 32 heavy (non-hydrogen) atoms. The number of amides is 2. The van der Waals surface area contributed by atoms with Crippen LogP contribution in [-0.4, -0.2) is 60.6 Å². The summed E-state index contributed by atoms with van der Waals surface area (Å²) in [4.78, 5) is 37.8. The minimum absolute atomic E-state index is 0.00232. The fraction of sp³-hybridized carbons (Fsp3) is 0.348. The Morgan fingerprint density at radius 2 is 1.88 bits per heavy atom. The van der Waals surface area contributed by atoms with Crippen LogP contribution >= 0.6 is 0 Å². The number of carboxylic acids is 1. The van der Waals surface area contributed by atoms with Crippen molar-refractivity contribution in [2.45, 2.75) is 18.4 Å². The largest absolute Gasteiger partial charge is 0.480 e. The van der Waals surface area contributed by atoms with Crippen LogP contribution in [-0.2, 0) is 20.2 Å². The summed E-state index contributed by atoms with van der Waals surface area (Å²) >= 11 is 0. The summed E-state index contributed by atoms with van der Waals surface area (Å²) < 4.78 is 34.8. The Labute approximate surface area is 183 Å². The molecule has 1 saturated heterocycles. The first-order chi connectivity index (χ1) is 15.2. The normalized spacial score (nSPS) is 20.5. The number of rotatable bonds is 6. The van der Waals surface area contributed by atoms with Gasteiger partial charge in [-0.05, 0) is 29.7 Å². The standard InChI is InChI=1S/C23H22F2N2O5/c1-32-12-13-8-19(22(30)31)27(11-13)20(28)10-26-21(29)14-6-7-16-15-4-2-3-5-17(15)23(24,25)18(16)9-14/h2-7,9,13,19H,8,10-12H2,1H3,(H,26,29)(H,30,31)/t13-,19-/m0/s1. The van der Waals surface area contributed by atoms with Gasteiger partial charge in [0.1, 0.15) is 6.04 Å². The molecule has 2 aromatic rings. The maximum Gasteiger partial charge on any atom is 0.326 e. The Morgan fingerprint density at radius 1 is 1.16 bits per heavy atom. The number of fused-ring (bicyclic) bond motifs is 3. The van der Waals surface area contributed by atoms with Crippen LogP contribution in [0.4, 0.5) is 8.78 Å². The molecule has 2 aliphatic rings. The Hall–Kier alpha value is -3.33. The van der Waals surface area contributed by atoms with Crippen molar-refractivity contribution in [3.8, 4) is 11.1 Å². The summed E-state index contributed by atoms with van der Waals surface area (Å²) in [7, 11) is 1.50. The lowest BCUT2D eigenvalue weighted by atomic mass is 10.0. The fourth-order valence-electron chi connectivity index (χ4n) is 4.47. The number of aliphatic carboxylic acids is 1. The van der Waals surface area contributed by atoms with E-state index in [-0.39, 0.29) is 35.6 Å². The first-order valence-corrected chi connectivity index (χ1v) is 10.2. The van der Waals surface area contributed by atoms with Crippen LogP contribution in [0.3, 0.4) is 0 Å².